The molecule has 0 aliphatic carbocycles. The van der Waals surface area contributed by atoms with Gasteiger partial charge in [-0.1, -0.05) is 13.0 Å². The number of hydroxylamine groups is 1. The van der Waals surface area contributed by atoms with Gasteiger partial charge in [0.05, 0.1) is 5.69 Å². The minimum Gasteiger partial charge on any atom is -0.333 e. The Labute approximate surface area is 144 Å². The molecule has 1 aliphatic heterocycles. The third-order valence-corrected chi connectivity index (χ3v) is 4.02. The van der Waals surface area contributed by atoms with Gasteiger partial charge < -0.3 is 4.84 Å². The third-order valence-electron chi connectivity index (χ3n) is 4.02. The normalized spacial score (nSPS) is 13.6. The maximum Gasteiger partial charge on any atom is 0.333 e. The lowest BCUT2D eigenvalue weighted by atomic mass is 9.96. The van der Waals surface area contributed by atoms with E-state index in [1.165, 1.54) is 12.1 Å². The predicted octanol–water partition coefficient (Wildman–Crippen LogP) is 4.17. The monoisotopic (exact) mass is 345 g/mol. The van der Waals surface area contributed by atoms with Crippen LogP contribution in [0.25, 0.3) is 11.1 Å². The molecule has 1 amide bonds. The van der Waals surface area contributed by atoms with Gasteiger partial charge in [0.1, 0.15) is 11.6 Å². The highest BCUT2D eigenvalue weighted by atomic mass is 19.1. The van der Waals surface area contributed by atoms with Gasteiger partial charge in [-0.15, -0.1) is 5.06 Å². The Bertz CT molecular complexity index is 835. The maximum atomic E-state index is 14.0. The minimum atomic E-state index is -0.655. The molecule has 0 spiro atoms. The first-order chi connectivity index (χ1) is 12.0. The zero-order valence-electron chi connectivity index (χ0n) is 13.7. The maximum absolute atomic E-state index is 14.0. The van der Waals surface area contributed by atoms with E-state index in [-0.39, 0.29) is 24.3 Å². The molecular formula is C19H17F2NO3. The molecule has 0 N–H and O–H groups in total. The Morgan fingerprint density at radius 2 is 1.96 bits per heavy atom. The van der Waals surface area contributed by atoms with Crippen LogP contribution in [-0.4, -0.2) is 11.9 Å². The number of fused-ring (bicyclic) bond motifs is 1. The van der Waals surface area contributed by atoms with E-state index in [1.54, 1.807) is 18.2 Å². The summed E-state index contributed by atoms with van der Waals surface area (Å²) in [6, 6.07) is 8.37. The lowest BCUT2D eigenvalue weighted by Crippen LogP contribution is -2.37. The van der Waals surface area contributed by atoms with E-state index < -0.39 is 17.6 Å². The summed E-state index contributed by atoms with van der Waals surface area (Å²) in [5.74, 6) is -2.06. The van der Waals surface area contributed by atoms with Crippen LogP contribution in [0.15, 0.2) is 36.4 Å². The number of hydrogen-bond donors (Lipinski definition) is 0. The van der Waals surface area contributed by atoms with Crippen molar-refractivity contribution >= 4 is 17.6 Å². The molecule has 0 unspecified atom stereocenters. The molecular weight excluding hydrogens is 328 g/mol. The van der Waals surface area contributed by atoms with Crippen molar-refractivity contribution < 1.29 is 23.2 Å². The first-order valence-electron chi connectivity index (χ1n) is 8.11. The van der Waals surface area contributed by atoms with E-state index in [2.05, 4.69) is 0 Å². The average molecular weight is 345 g/mol. The van der Waals surface area contributed by atoms with Gasteiger partial charge in [0, 0.05) is 24.5 Å². The lowest BCUT2D eigenvalue weighted by molar-refractivity contribution is -0.150. The predicted molar refractivity (Wildman–Crippen MR) is 88.6 cm³/mol. The molecule has 1 aliphatic rings. The summed E-state index contributed by atoms with van der Waals surface area (Å²) >= 11 is 0. The molecule has 25 heavy (non-hydrogen) atoms. The molecule has 2 aromatic rings. The standard InChI is InChI=1S/C19H17F2NO3/c1-2-3-19(24)25-22-17-8-4-12(10-13(17)5-9-18(22)23)15-7-6-14(20)11-16(15)21/h4,6-8,10-11H,2-3,5,9H2,1H3. The number of hydrogen-bond acceptors (Lipinski definition) is 3. The smallest absolute Gasteiger partial charge is 0.333 e. The molecule has 0 radical (unpaired) electrons. The van der Waals surface area contributed by atoms with Crippen molar-refractivity contribution in [2.45, 2.75) is 32.6 Å². The second-order valence-corrected chi connectivity index (χ2v) is 5.87. The lowest BCUT2D eigenvalue weighted by Gasteiger charge is -2.27. The Morgan fingerprint density at radius 1 is 1.16 bits per heavy atom. The van der Waals surface area contributed by atoms with Gasteiger partial charge >= 0.3 is 5.97 Å². The molecule has 4 nitrogen and oxygen atoms in total. The Balaban J connectivity index is 1.94. The molecule has 130 valence electrons. The fraction of sp³-hybridized carbons (Fsp3) is 0.263. The van der Waals surface area contributed by atoms with Gasteiger partial charge in [0.2, 0.25) is 0 Å². The fourth-order valence-electron chi connectivity index (χ4n) is 2.80. The van der Waals surface area contributed by atoms with Crippen molar-refractivity contribution in [1.29, 1.82) is 0 Å². The Hall–Kier alpha value is -2.76. The summed E-state index contributed by atoms with van der Waals surface area (Å²) in [7, 11) is 0. The molecule has 6 heteroatoms. The van der Waals surface area contributed by atoms with Crippen molar-refractivity contribution in [2.75, 3.05) is 5.06 Å². The molecule has 0 atom stereocenters. The number of amides is 1. The number of halogens is 2. The van der Waals surface area contributed by atoms with Crippen LogP contribution < -0.4 is 5.06 Å². The van der Waals surface area contributed by atoms with Crippen LogP contribution >= 0.6 is 0 Å². The number of carbonyl (C=O) groups is 2. The molecule has 1 heterocycles. The van der Waals surface area contributed by atoms with E-state index in [0.29, 0.717) is 24.1 Å². The average Bonchev–Trinajstić information content (AvgIpc) is 2.57. The van der Waals surface area contributed by atoms with Gasteiger partial charge in [-0.3, -0.25) is 4.79 Å². The molecule has 0 saturated heterocycles. The van der Waals surface area contributed by atoms with Crippen LogP contribution in [0.2, 0.25) is 0 Å². The number of carbonyl (C=O) groups excluding carboxylic acids is 2. The molecule has 3 rings (SSSR count). The van der Waals surface area contributed by atoms with Crippen molar-refractivity contribution in [1.82, 2.24) is 0 Å². The molecule has 0 saturated carbocycles. The summed E-state index contributed by atoms with van der Waals surface area (Å²) < 4.78 is 27.1. The molecule has 0 bridgehead atoms. The number of anilines is 1. The SMILES string of the molecule is CCCC(=O)ON1C(=O)CCc2cc(-c3ccc(F)cc3F)ccc21. The van der Waals surface area contributed by atoms with Crippen molar-refractivity contribution in [3.05, 3.63) is 53.6 Å². The number of benzene rings is 2. The summed E-state index contributed by atoms with van der Waals surface area (Å²) in [5.41, 5.74) is 2.10. The first kappa shape index (κ1) is 17.1. The van der Waals surface area contributed by atoms with Crippen molar-refractivity contribution in [2.24, 2.45) is 0 Å². The van der Waals surface area contributed by atoms with Crippen LogP contribution in [-0.2, 0) is 20.8 Å². The third kappa shape index (κ3) is 3.52. The van der Waals surface area contributed by atoms with E-state index in [1.807, 2.05) is 6.92 Å². The fourth-order valence-corrected chi connectivity index (χ4v) is 2.80. The van der Waals surface area contributed by atoms with E-state index in [0.717, 1.165) is 16.7 Å². The van der Waals surface area contributed by atoms with Crippen molar-refractivity contribution in [3.63, 3.8) is 0 Å². The second kappa shape index (κ2) is 7.01. The van der Waals surface area contributed by atoms with E-state index in [9.17, 15) is 18.4 Å². The number of rotatable bonds is 4. The van der Waals surface area contributed by atoms with E-state index in [4.69, 9.17) is 4.84 Å². The van der Waals surface area contributed by atoms with Crippen LogP contribution in [0.5, 0.6) is 0 Å². The zero-order chi connectivity index (χ0) is 18.0. The molecule has 0 aromatic heterocycles. The van der Waals surface area contributed by atoms with Crippen LogP contribution in [0.3, 0.4) is 0 Å². The molecule has 0 fully saturated rings. The number of aryl methyl sites for hydroxylation is 1. The highest BCUT2D eigenvalue weighted by Crippen LogP contribution is 2.33. The van der Waals surface area contributed by atoms with E-state index >= 15 is 0 Å². The highest BCUT2D eigenvalue weighted by molar-refractivity contribution is 5.96. The first-order valence-corrected chi connectivity index (χ1v) is 8.11. The van der Waals surface area contributed by atoms with Gasteiger partial charge in [-0.05, 0) is 48.2 Å². The summed E-state index contributed by atoms with van der Waals surface area (Å²) in [4.78, 5) is 29.0. The Morgan fingerprint density at radius 3 is 2.68 bits per heavy atom. The number of nitrogens with zero attached hydrogens (tertiary/aromatic N) is 1. The summed E-state index contributed by atoms with van der Waals surface area (Å²) in [6.45, 7) is 1.84. The van der Waals surface area contributed by atoms with Crippen molar-refractivity contribution in [3.8, 4) is 11.1 Å². The van der Waals surface area contributed by atoms with Gasteiger partial charge in [-0.2, -0.15) is 0 Å². The quantitative estimate of drug-likeness (QED) is 0.835. The second-order valence-electron chi connectivity index (χ2n) is 5.87. The van der Waals surface area contributed by atoms with Gasteiger partial charge in [0.15, 0.2) is 0 Å². The van der Waals surface area contributed by atoms with Crippen LogP contribution in [0.1, 0.15) is 31.7 Å². The molecule has 2 aromatic carbocycles. The Kier molecular flexibility index (Phi) is 4.79. The largest absolute Gasteiger partial charge is 0.333 e. The van der Waals surface area contributed by atoms with Crippen LogP contribution in [0.4, 0.5) is 14.5 Å². The van der Waals surface area contributed by atoms with Gasteiger partial charge in [-0.25, -0.2) is 13.6 Å². The van der Waals surface area contributed by atoms with Gasteiger partial charge in [0.25, 0.3) is 5.91 Å². The summed E-state index contributed by atoms with van der Waals surface area (Å²) in [6.07, 6.45) is 1.50. The highest BCUT2D eigenvalue weighted by Gasteiger charge is 2.28. The zero-order valence-corrected chi connectivity index (χ0v) is 13.7. The minimum absolute atomic E-state index is 0.196. The van der Waals surface area contributed by atoms with Crippen LogP contribution in [0, 0.1) is 11.6 Å². The topological polar surface area (TPSA) is 46.6 Å². The summed E-state index contributed by atoms with van der Waals surface area (Å²) in [5, 5.41) is 1.02.